The molecule has 0 spiro atoms. The zero-order chi connectivity index (χ0) is 23.4. The van der Waals surface area contributed by atoms with Crippen molar-refractivity contribution in [2.75, 3.05) is 39.3 Å². The Hall–Kier alpha value is -1.12. The number of rotatable bonds is 8. The summed E-state index contributed by atoms with van der Waals surface area (Å²) in [6, 6.07) is 6.19. The van der Waals surface area contributed by atoms with Crippen LogP contribution in [0.2, 0.25) is 0 Å². The molecular weight excluding hydrogens is 510 g/mol. The number of thiol groups is 1. The number of hydrogen-bond acceptors (Lipinski definition) is 6. The minimum atomic E-state index is -0.519. The summed E-state index contributed by atoms with van der Waals surface area (Å²) in [5.74, 6) is 0.194. The molecule has 1 aromatic rings. The van der Waals surface area contributed by atoms with E-state index in [4.69, 9.17) is 17.4 Å². The third-order valence-corrected chi connectivity index (χ3v) is 7.65. The van der Waals surface area contributed by atoms with Gasteiger partial charge in [0.05, 0.1) is 19.2 Å². The number of carbonyl (C=O) groups excluding carboxylic acids is 2. The predicted octanol–water partition coefficient (Wildman–Crippen LogP) is 4.90. The van der Waals surface area contributed by atoms with Gasteiger partial charge < -0.3 is 4.74 Å². The summed E-state index contributed by atoms with van der Waals surface area (Å²) in [4.78, 5) is 29.3. The summed E-state index contributed by atoms with van der Waals surface area (Å²) in [5.41, 5.74) is 1.73. The maximum atomic E-state index is 14.7. The Morgan fingerprint density at radius 3 is 2.43 bits per heavy atom. The highest BCUT2D eigenvalue weighted by Gasteiger charge is 2.41. The molecular formula is C26H37Cl2FN2O3S. The van der Waals surface area contributed by atoms with E-state index in [2.05, 4.69) is 15.9 Å². The van der Waals surface area contributed by atoms with Crippen LogP contribution in [-0.4, -0.2) is 66.1 Å². The molecule has 35 heavy (non-hydrogen) atoms. The lowest BCUT2D eigenvalue weighted by atomic mass is 9.89. The lowest BCUT2D eigenvalue weighted by Gasteiger charge is -2.38. The Bertz CT molecular complexity index is 891. The summed E-state index contributed by atoms with van der Waals surface area (Å²) in [7, 11) is 0. The molecule has 1 aliphatic carbocycles. The second kappa shape index (κ2) is 14.0. The molecule has 2 aliphatic heterocycles. The van der Waals surface area contributed by atoms with Crippen molar-refractivity contribution in [3.05, 3.63) is 47.3 Å². The second-order valence-electron chi connectivity index (χ2n) is 9.54. The van der Waals surface area contributed by atoms with Crippen LogP contribution in [0, 0.1) is 17.7 Å². The van der Waals surface area contributed by atoms with Crippen LogP contribution in [0.3, 0.4) is 0 Å². The summed E-state index contributed by atoms with van der Waals surface area (Å²) in [6.07, 6.45) is 6.99. The topological polar surface area (TPSA) is 49.9 Å². The fraction of sp³-hybridized carbons (Fsp3) is 0.615. The monoisotopic (exact) mass is 546 g/mol. The van der Waals surface area contributed by atoms with Gasteiger partial charge in [0.1, 0.15) is 5.82 Å². The van der Waals surface area contributed by atoms with Crippen LogP contribution in [0.15, 0.2) is 35.9 Å². The van der Waals surface area contributed by atoms with Crippen molar-refractivity contribution < 1.29 is 18.7 Å². The van der Waals surface area contributed by atoms with Crippen molar-refractivity contribution in [2.24, 2.45) is 11.8 Å². The van der Waals surface area contributed by atoms with Gasteiger partial charge in [-0.3, -0.25) is 19.4 Å². The van der Waals surface area contributed by atoms with Gasteiger partial charge in [-0.2, -0.15) is 12.6 Å². The maximum Gasteiger partial charge on any atom is 0.320 e. The predicted molar refractivity (Wildman–Crippen MR) is 144 cm³/mol. The Labute approximate surface area is 226 Å². The minimum Gasteiger partial charge on any atom is -0.465 e. The van der Waals surface area contributed by atoms with E-state index in [1.165, 1.54) is 11.6 Å². The number of allylic oxidation sites excluding steroid dienone is 1. The summed E-state index contributed by atoms with van der Waals surface area (Å²) >= 11 is 4.84. The van der Waals surface area contributed by atoms with Gasteiger partial charge in [0.2, 0.25) is 0 Å². The SMILES string of the molecule is CCOC(=O)CN1CCC(/C=C2\CN(C(C(=O)C3CC3)c3ccccc3F)CCC2S)CC1.Cl.Cl. The normalized spacial score (nSPS) is 23.7. The molecule has 3 aliphatic rings. The van der Waals surface area contributed by atoms with Crippen LogP contribution in [0.25, 0.3) is 0 Å². The Balaban J connectivity index is 0.00000216. The highest BCUT2D eigenvalue weighted by Crippen LogP contribution is 2.39. The Morgan fingerprint density at radius 1 is 1.11 bits per heavy atom. The number of nitrogens with zero attached hydrogens (tertiary/aromatic N) is 2. The first-order valence-corrected chi connectivity index (χ1v) is 12.8. The third-order valence-electron chi connectivity index (χ3n) is 7.06. The van der Waals surface area contributed by atoms with Gasteiger partial charge in [-0.15, -0.1) is 24.8 Å². The lowest BCUT2D eigenvalue weighted by Crippen LogP contribution is -2.43. The third kappa shape index (κ3) is 7.93. The Morgan fingerprint density at radius 2 is 1.80 bits per heavy atom. The van der Waals surface area contributed by atoms with Crippen LogP contribution in [0.1, 0.15) is 50.6 Å². The molecule has 4 rings (SSSR count). The van der Waals surface area contributed by atoms with E-state index in [0.29, 0.717) is 31.2 Å². The molecule has 0 radical (unpaired) electrons. The number of ether oxygens (including phenoxy) is 1. The molecule has 2 heterocycles. The summed E-state index contributed by atoms with van der Waals surface area (Å²) in [5, 5.41) is 0.163. The number of piperidine rings is 2. The molecule has 0 aromatic heterocycles. The van der Waals surface area contributed by atoms with Crippen molar-refractivity contribution in [1.29, 1.82) is 0 Å². The molecule has 2 atom stereocenters. The van der Waals surface area contributed by atoms with Gasteiger partial charge in [-0.25, -0.2) is 4.39 Å². The minimum absolute atomic E-state index is 0. The highest BCUT2D eigenvalue weighted by molar-refractivity contribution is 7.81. The van der Waals surface area contributed by atoms with Crippen molar-refractivity contribution in [2.45, 2.75) is 50.3 Å². The van der Waals surface area contributed by atoms with E-state index >= 15 is 0 Å². The lowest BCUT2D eigenvalue weighted by molar-refractivity contribution is -0.144. The zero-order valence-electron chi connectivity index (χ0n) is 20.2. The van der Waals surface area contributed by atoms with Crippen molar-refractivity contribution in [1.82, 2.24) is 9.80 Å². The van der Waals surface area contributed by atoms with Crippen LogP contribution < -0.4 is 0 Å². The van der Waals surface area contributed by atoms with E-state index in [9.17, 15) is 14.0 Å². The highest BCUT2D eigenvalue weighted by atomic mass is 35.5. The number of benzene rings is 1. The molecule has 3 fully saturated rings. The van der Waals surface area contributed by atoms with E-state index in [-0.39, 0.29) is 53.6 Å². The molecule has 0 bridgehead atoms. The molecule has 0 amide bonds. The molecule has 2 saturated heterocycles. The van der Waals surface area contributed by atoms with E-state index in [1.807, 2.05) is 13.0 Å². The van der Waals surface area contributed by atoms with Crippen LogP contribution in [-0.2, 0) is 14.3 Å². The largest absolute Gasteiger partial charge is 0.465 e. The van der Waals surface area contributed by atoms with Gasteiger partial charge in [-0.05, 0) is 69.7 Å². The number of ketones is 1. The van der Waals surface area contributed by atoms with Gasteiger partial charge in [-0.1, -0.05) is 24.3 Å². The van der Waals surface area contributed by atoms with E-state index in [0.717, 1.165) is 51.7 Å². The molecule has 1 saturated carbocycles. The van der Waals surface area contributed by atoms with Gasteiger partial charge in [0.25, 0.3) is 0 Å². The molecule has 5 nitrogen and oxygen atoms in total. The second-order valence-corrected chi connectivity index (χ2v) is 10.2. The van der Waals surface area contributed by atoms with E-state index < -0.39 is 6.04 Å². The maximum absolute atomic E-state index is 14.7. The van der Waals surface area contributed by atoms with Crippen LogP contribution >= 0.6 is 37.4 Å². The molecule has 9 heteroatoms. The van der Waals surface area contributed by atoms with Crippen LogP contribution in [0.4, 0.5) is 4.39 Å². The number of halogens is 3. The van der Waals surface area contributed by atoms with Crippen molar-refractivity contribution in [3.63, 3.8) is 0 Å². The standard InChI is InChI=1S/C26H35FN2O3S.2ClH/c1-2-32-24(30)17-28-12-9-18(10-13-28)15-20-16-29(14-11-23(20)33)25(26(31)19-7-8-19)21-5-3-4-6-22(21)27;;/h3-6,15,18-19,23,25,33H,2,7-14,16-17H2,1H3;2*1H/b20-15+;;. The average molecular weight is 548 g/mol. The fourth-order valence-electron chi connectivity index (χ4n) is 5.06. The quantitative estimate of drug-likeness (QED) is 0.285. The number of esters is 1. The Kier molecular flexibility index (Phi) is 12.0. The molecule has 1 aromatic carbocycles. The van der Waals surface area contributed by atoms with E-state index in [1.54, 1.807) is 12.1 Å². The van der Waals surface area contributed by atoms with Gasteiger partial charge in [0.15, 0.2) is 5.78 Å². The molecule has 0 N–H and O–H groups in total. The zero-order valence-corrected chi connectivity index (χ0v) is 22.8. The van der Waals surface area contributed by atoms with Crippen molar-refractivity contribution >= 4 is 49.2 Å². The summed E-state index contributed by atoms with van der Waals surface area (Å²) < 4.78 is 19.8. The summed E-state index contributed by atoms with van der Waals surface area (Å²) in [6.45, 7) is 5.72. The first-order valence-electron chi connectivity index (χ1n) is 12.2. The molecule has 196 valence electrons. The average Bonchev–Trinajstić information content (AvgIpc) is 3.64. The number of likely N-dealkylation sites (tertiary alicyclic amines) is 2. The van der Waals surface area contributed by atoms with Gasteiger partial charge >= 0.3 is 5.97 Å². The van der Waals surface area contributed by atoms with Crippen molar-refractivity contribution in [3.8, 4) is 0 Å². The first-order chi connectivity index (χ1) is 16.0. The number of hydrogen-bond donors (Lipinski definition) is 1. The fourth-order valence-corrected chi connectivity index (χ4v) is 5.35. The van der Waals surface area contributed by atoms with Gasteiger partial charge in [0, 0.05) is 29.8 Å². The smallest absolute Gasteiger partial charge is 0.320 e. The number of Topliss-reactive ketones (excluding diaryl/α,β-unsaturated/α-hetero) is 1. The number of carbonyl (C=O) groups is 2. The molecule has 2 unspecified atom stereocenters. The first kappa shape index (κ1) is 30.1. The van der Waals surface area contributed by atoms with Crippen LogP contribution in [0.5, 0.6) is 0 Å².